The summed E-state index contributed by atoms with van der Waals surface area (Å²) in [6, 6.07) is 4.88. The fourth-order valence-corrected chi connectivity index (χ4v) is 1.94. The van der Waals surface area contributed by atoms with E-state index >= 15 is 0 Å². The van der Waals surface area contributed by atoms with E-state index in [1.165, 1.54) is 4.57 Å². The highest BCUT2D eigenvalue weighted by Crippen LogP contribution is 2.14. The molecule has 0 saturated heterocycles. The first-order chi connectivity index (χ1) is 8.06. The Balaban J connectivity index is 2.95. The van der Waals surface area contributed by atoms with Crippen LogP contribution in [-0.4, -0.2) is 16.2 Å². The van der Waals surface area contributed by atoms with Gasteiger partial charge in [0.25, 0.3) is 5.56 Å². The van der Waals surface area contributed by atoms with Crippen molar-refractivity contribution in [3.63, 3.8) is 0 Å². The van der Waals surface area contributed by atoms with Gasteiger partial charge in [-0.2, -0.15) is 0 Å². The normalized spacial score (nSPS) is 11.0. The number of nitrogens with one attached hydrogen (secondary N) is 1. The fourth-order valence-electron chi connectivity index (χ4n) is 1.78. The van der Waals surface area contributed by atoms with Crippen LogP contribution < -0.4 is 16.6 Å². The first kappa shape index (κ1) is 11.9. The molecule has 90 valence electrons. The minimum absolute atomic E-state index is 0.185. The Morgan fingerprint density at radius 1 is 1.35 bits per heavy atom. The van der Waals surface area contributed by atoms with Gasteiger partial charge in [-0.15, -0.1) is 0 Å². The summed E-state index contributed by atoms with van der Waals surface area (Å²) >= 11 is 5.86. The van der Waals surface area contributed by atoms with Gasteiger partial charge < -0.3 is 5.32 Å². The highest BCUT2D eigenvalue weighted by molar-refractivity contribution is 6.31. The molecule has 2 rings (SSSR count). The van der Waals surface area contributed by atoms with Crippen molar-refractivity contribution in [1.29, 1.82) is 0 Å². The second kappa shape index (κ2) is 4.35. The van der Waals surface area contributed by atoms with E-state index in [-0.39, 0.29) is 17.9 Å². The summed E-state index contributed by atoms with van der Waals surface area (Å²) in [5, 5.41) is 3.77. The lowest BCUT2D eigenvalue weighted by molar-refractivity contribution is 0.553. The summed E-state index contributed by atoms with van der Waals surface area (Å²) in [6.45, 7) is 0.185. The van der Waals surface area contributed by atoms with Gasteiger partial charge in [-0.25, -0.2) is 9.36 Å². The second-order valence-electron chi connectivity index (χ2n) is 3.75. The molecule has 0 saturated carbocycles. The van der Waals surface area contributed by atoms with Gasteiger partial charge in [0, 0.05) is 12.1 Å². The van der Waals surface area contributed by atoms with Crippen LogP contribution in [0.1, 0.15) is 0 Å². The van der Waals surface area contributed by atoms with E-state index < -0.39 is 0 Å². The summed E-state index contributed by atoms with van der Waals surface area (Å²) in [4.78, 5) is 24.0. The third-order valence-corrected chi connectivity index (χ3v) is 2.87. The Bertz CT molecular complexity index is 687. The summed E-state index contributed by atoms with van der Waals surface area (Å²) < 4.78 is 2.57. The van der Waals surface area contributed by atoms with E-state index in [0.717, 1.165) is 4.57 Å². The van der Waals surface area contributed by atoms with Crippen molar-refractivity contribution in [3.8, 4) is 0 Å². The van der Waals surface area contributed by atoms with Gasteiger partial charge in [-0.05, 0) is 25.2 Å². The number of nitrogens with zero attached hydrogens (tertiary/aromatic N) is 2. The number of benzene rings is 1. The van der Waals surface area contributed by atoms with Crippen molar-refractivity contribution in [2.24, 2.45) is 7.05 Å². The Labute approximate surface area is 102 Å². The number of fused-ring (bicyclic) bond motifs is 1. The zero-order valence-electron chi connectivity index (χ0n) is 9.53. The fraction of sp³-hybridized carbons (Fsp3) is 0.273. The average Bonchev–Trinajstić information content (AvgIpc) is 2.32. The number of hydrogen-bond acceptors (Lipinski definition) is 3. The van der Waals surface area contributed by atoms with Crippen molar-refractivity contribution in [3.05, 3.63) is 44.1 Å². The number of aromatic nitrogens is 2. The van der Waals surface area contributed by atoms with Crippen molar-refractivity contribution in [2.45, 2.75) is 6.67 Å². The molecule has 17 heavy (non-hydrogen) atoms. The molecule has 0 aliphatic carbocycles. The molecule has 1 heterocycles. The number of halogens is 1. The van der Waals surface area contributed by atoms with Crippen molar-refractivity contribution in [1.82, 2.24) is 14.5 Å². The Kier molecular flexibility index (Phi) is 3.04. The highest BCUT2D eigenvalue weighted by Gasteiger charge is 2.10. The minimum atomic E-state index is -0.362. The predicted molar refractivity (Wildman–Crippen MR) is 67.5 cm³/mol. The van der Waals surface area contributed by atoms with E-state index in [2.05, 4.69) is 5.32 Å². The number of hydrogen-bond donors (Lipinski definition) is 1. The third kappa shape index (κ3) is 1.87. The lowest BCUT2D eigenvalue weighted by Crippen LogP contribution is -2.41. The number of rotatable bonds is 2. The van der Waals surface area contributed by atoms with Crippen molar-refractivity contribution in [2.75, 3.05) is 7.05 Å². The van der Waals surface area contributed by atoms with Crippen molar-refractivity contribution >= 4 is 22.5 Å². The molecule has 0 atom stereocenters. The first-order valence-electron chi connectivity index (χ1n) is 5.10. The zero-order chi connectivity index (χ0) is 12.6. The maximum Gasteiger partial charge on any atom is 0.332 e. The quantitative estimate of drug-likeness (QED) is 0.850. The zero-order valence-corrected chi connectivity index (χ0v) is 10.3. The molecule has 0 unspecified atom stereocenters. The SMILES string of the molecule is CNCn1c(=O)c2ccc(Cl)cc2n(C)c1=O. The minimum Gasteiger partial charge on any atom is -0.302 e. The van der Waals surface area contributed by atoms with Crippen LogP contribution in [0.15, 0.2) is 27.8 Å². The van der Waals surface area contributed by atoms with Crippen LogP contribution in [-0.2, 0) is 13.7 Å². The highest BCUT2D eigenvalue weighted by atomic mass is 35.5. The van der Waals surface area contributed by atoms with Gasteiger partial charge >= 0.3 is 5.69 Å². The number of aryl methyl sites for hydroxylation is 1. The van der Waals surface area contributed by atoms with Gasteiger partial charge in [-0.3, -0.25) is 9.36 Å². The van der Waals surface area contributed by atoms with Crippen LogP contribution in [0.2, 0.25) is 5.02 Å². The van der Waals surface area contributed by atoms with Crippen molar-refractivity contribution < 1.29 is 0 Å². The summed E-state index contributed by atoms with van der Waals surface area (Å²) in [6.07, 6.45) is 0. The Morgan fingerprint density at radius 2 is 2.06 bits per heavy atom. The van der Waals surface area contributed by atoms with Gasteiger partial charge in [0.05, 0.1) is 17.6 Å². The van der Waals surface area contributed by atoms with E-state index in [0.29, 0.717) is 15.9 Å². The van der Waals surface area contributed by atoms with Crippen LogP contribution in [0.25, 0.3) is 10.9 Å². The van der Waals surface area contributed by atoms with Gasteiger partial charge in [-0.1, -0.05) is 11.6 Å². The Morgan fingerprint density at radius 3 is 2.71 bits per heavy atom. The molecule has 0 fully saturated rings. The Hall–Kier alpha value is -1.59. The van der Waals surface area contributed by atoms with E-state index in [1.54, 1.807) is 32.3 Å². The van der Waals surface area contributed by atoms with E-state index in [9.17, 15) is 9.59 Å². The second-order valence-corrected chi connectivity index (χ2v) is 4.18. The molecule has 0 aliphatic heterocycles. The molecular weight excluding hydrogens is 242 g/mol. The molecule has 0 radical (unpaired) electrons. The molecule has 1 aromatic heterocycles. The van der Waals surface area contributed by atoms with Crippen LogP contribution in [0, 0.1) is 0 Å². The molecule has 2 aromatic rings. The molecule has 0 amide bonds. The molecular formula is C11H12ClN3O2. The van der Waals surface area contributed by atoms with Gasteiger partial charge in [0.1, 0.15) is 0 Å². The molecule has 1 aromatic carbocycles. The maximum absolute atomic E-state index is 12.1. The lowest BCUT2D eigenvalue weighted by atomic mass is 10.2. The third-order valence-electron chi connectivity index (χ3n) is 2.63. The van der Waals surface area contributed by atoms with Crippen LogP contribution in [0.5, 0.6) is 0 Å². The monoisotopic (exact) mass is 253 g/mol. The van der Waals surface area contributed by atoms with Crippen LogP contribution in [0.3, 0.4) is 0 Å². The smallest absolute Gasteiger partial charge is 0.302 e. The summed E-state index contributed by atoms with van der Waals surface area (Å²) in [5.74, 6) is 0. The van der Waals surface area contributed by atoms with E-state index in [4.69, 9.17) is 11.6 Å². The predicted octanol–water partition coefficient (Wildman–Crippen LogP) is 0.530. The van der Waals surface area contributed by atoms with Crippen LogP contribution in [0.4, 0.5) is 0 Å². The van der Waals surface area contributed by atoms with E-state index in [1.807, 2.05) is 0 Å². The molecule has 6 heteroatoms. The molecule has 0 aliphatic rings. The molecule has 0 bridgehead atoms. The molecule has 0 spiro atoms. The van der Waals surface area contributed by atoms with Crippen LogP contribution >= 0.6 is 11.6 Å². The largest absolute Gasteiger partial charge is 0.332 e. The standard InChI is InChI=1S/C11H12ClN3O2/c1-13-6-15-10(16)8-4-3-7(12)5-9(8)14(2)11(15)17/h3-5,13H,6H2,1-2H3. The van der Waals surface area contributed by atoms with Gasteiger partial charge in [0.15, 0.2) is 0 Å². The average molecular weight is 254 g/mol. The maximum atomic E-state index is 12.1. The molecule has 5 nitrogen and oxygen atoms in total. The lowest BCUT2D eigenvalue weighted by Gasteiger charge is -2.10. The summed E-state index contributed by atoms with van der Waals surface area (Å²) in [5.41, 5.74) is -0.131. The summed E-state index contributed by atoms with van der Waals surface area (Å²) in [7, 11) is 3.30. The first-order valence-corrected chi connectivity index (χ1v) is 5.47. The topological polar surface area (TPSA) is 56.0 Å². The van der Waals surface area contributed by atoms with Gasteiger partial charge in [0.2, 0.25) is 0 Å². The molecule has 1 N–H and O–H groups in total.